The Morgan fingerprint density at radius 1 is 1.38 bits per heavy atom. The Morgan fingerprint density at radius 2 is 2.15 bits per heavy atom. The molecule has 2 atom stereocenters. The van der Waals surface area contributed by atoms with E-state index in [1.165, 1.54) is 12.8 Å². The van der Waals surface area contributed by atoms with Gasteiger partial charge in [-0.3, -0.25) is 0 Å². The minimum Gasteiger partial charge on any atom is -0.380 e. The molecular weight excluding hydrogens is 162 g/mol. The largest absolute Gasteiger partial charge is 0.380 e. The Morgan fingerprint density at radius 3 is 2.69 bits per heavy atom. The maximum Gasteiger partial charge on any atom is 0.0619 e. The smallest absolute Gasteiger partial charge is 0.0619 e. The molecule has 0 aromatic carbocycles. The molecule has 0 aromatic heterocycles. The van der Waals surface area contributed by atoms with Crippen molar-refractivity contribution in [3.05, 3.63) is 0 Å². The summed E-state index contributed by atoms with van der Waals surface area (Å²) >= 11 is 0. The van der Waals surface area contributed by atoms with Crippen LogP contribution < -0.4 is 5.32 Å². The van der Waals surface area contributed by atoms with E-state index in [9.17, 15) is 0 Å². The maximum absolute atomic E-state index is 5.41. The molecular formula is C11H23NO. The van der Waals surface area contributed by atoms with E-state index in [4.69, 9.17) is 4.74 Å². The third kappa shape index (κ3) is 4.10. The van der Waals surface area contributed by atoms with Gasteiger partial charge in [0, 0.05) is 12.6 Å². The second-order valence-electron chi connectivity index (χ2n) is 4.54. The highest BCUT2D eigenvalue weighted by molar-refractivity contribution is 4.71. The quantitative estimate of drug-likeness (QED) is 0.723. The summed E-state index contributed by atoms with van der Waals surface area (Å²) in [7, 11) is 0. The summed E-state index contributed by atoms with van der Waals surface area (Å²) in [6.45, 7) is 9.86. The van der Waals surface area contributed by atoms with Crippen LogP contribution in [0.2, 0.25) is 0 Å². The molecule has 1 fully saturated rings. The first-order valence-electron chi connectivity index (χ1n) is 5.51. The lowest BCUT2D eigenvalue weighted by Gasteiger charge is -2.25. The van der Waals surface area contributed by atoms with E-state index in [-0.39, 0.29) is 0 Å². The number of hydrogen-bond donors (Lipinski definition) is 1. The number of ether oxygens (including phenoxy) is 1. The molecule has 1 aliphatic rings. The van der Waals surface area contributed by atoms with Crippen molar-refractivity contribution in [2.75, 3.05) is 19.8 Å². The Hall–Kier alpha value is -0.0800. The van der Waals surface area contributed by atoms with Gasteiger partial charge in [-0.15, -0.1) is 0 Å². The van der Waals surface area contributed by atoms with E-state index in [1.807, 2.05) is 0 Å². The van der Waals surface area contributed by atoms with Crippen molar-refractivity contribution in [2.24, 2.45) is 11.8 Å². The predicted molar refractivity (Wildman–Crippen MR) is 55.8 cm³/mol. The number of nitrogens with one attached hydrogen (secondary N) is 1. The van der Waals surface area contributed by atoms with Gasteiger partial charge >= 0.3 is 0 Å². The zero-order valence-corrected chi connectivity index (χ0v) is 9.18. The molecule has 1 heterocycles. The average molecular weight is 185 g/mol. The van der Waals surface area contributed by atoms with Gasteiger partial charge in [0.15, 0.2) is 0 Å². The lowest BCUT2D eigenvalue weighted by molar-refractivity contribution is 0.0686. The van der Waals surface area contributed by atoms with Crippen molar-refractivity contribution < 1.29 is 4.74 Å². The minimum absolute atomic E-state index is 0.606. The summed E-state index contributed by atoms with van der Waals surface area (Å²) in [5.41, 5.74) is 0. The summed E-state index contributed by atoms with van der Waals surface area (Å²) in [5, 5.41) is 3.58. The summed E-state index contributed by atoms with van der Waals surface area (Å²) in [6, 6.07) is 0.606. The van der Waals surface area contributed by atoms with Crippen LogP contribution in [0, 0.1) is 11.8 Å². The Labute approximate surface area is 82.0 Å². The highest BCUT2D eigenvalue weighted by Crippen LogP contribution is 2.10. The van der Waals surface area contributed by atoms with Crippen LogP contribution >= 0.6 is 0 Å². The van der Waals surface area contributed by atoms with Crippen LogP contribution in [0.4, 0.5) is 0 Å². The van der Waals surface area contributed by atoms with E-state index in [0.29, 0.717) is 6.04 Å². The lowest BCUT2D eigenvalue weighted by Crippen LogP contribution is -2.39. The van der Waals surface area contributed by atoms with Crippen LogP contribution in [0.1, 0.15) is 33.6 Å². The average Bonchev–Trinajstić information content (AvgIpc) is 2.15. The fourth-order valence-electron chi connectivity index (χ4n) is 1.49. The first-order chi connectivity index (χ1) is 6.20. The standard InChI is InChI=1S/C11H23NO/c1-9(2)10(3)7-12-11-5-4-6-13-8-11/h9-12H,4-8H2,1-3H3. The second kappa shape index (κ2) is 5.61. The van der Waals surface area contributed by atoms with E-state index < -0.39 is 0 Å². The van der Waals surface area contributed by atoms with Crippen molar-refractivity contribution in [2.45, 2.75) is 39.7 Å². The molecule has 0 amide bonds. The molecule has 0 bridgehead atoms. The first-order valence-corrected chi connectivity index (χ1v) is 5.51. The molecule has 1 N–H and O–H groups in total. The van der Waals surface area contributed by atoms with Gasteiger partial charge in [0.05, 0.1) is 6.61 Å². The SMILES string of the molecule is CC(C)C(C)CNC1CCCOC1. The molecule has 2 unspecified atom stereocenters. The third-order valence-corrected chi connectivity index (χ3v) is 3.03. The van der Waals surface area contributed by atoms with E-state index in [1.54, 1.807) is 0 Å². The van der Waals surface area contributed by atoms with E-state index >= 15 is 0 Å². The molecule has 78 valence electrons. The van der Waals surface area contributed by atoms with Gasteiger partial charge in [-0.1, -0.05) is 20.8 Å². The summed E-state index contributed by atoms with van der Waals surface area (Å²) < 4.78 is 5.41. The van der Waals surface area contributed by atoms with Crippen LogP contribution in [0.5, 0.6) is 0 Å². The molecule has 1 saturated heterocycles. The van der Waals surface area contributed by atoms with Crippen molar-refractivity contribution in [3.8, 4) is 0 Å². The topological polar surface area (TPSA) is 21.3 Å². The Kier molecular flexibility index (Phi) is 4.74. The second-order valence-corrected chi connectivity index (χ2v) is 4.54. The number of hydrogen-bond acceptors (Lipinski definition) is 2. The van der Waals surface area contributed by atoms with Gasteiger partial charge in [0.25, 0.3) is 0 Å². The molecule has 1 rings (SSSR count). The Balaban J connectivity index is 2.10. The van der Waals surface area contributed by atoms with Crippen LogP contribution in [0.3, 0.4) is 0 Å². The fourth-order valence-corrected chi connectivity index (χ4v) is 1.49. The van der Waals surface area contributed by atoms with Crippen molar-refractivity contribution in [3.63, 3.8) is 0 Å². The summed E-state index contributed by atoms with van der Waals surface area (Å²) in [5.74, 6) is 1.54. The Bertz CT molecular complexity index is 130. The zero-order valence-electron chi connectivity index (χ0n) is 9.18. The molecule has 1 aliphatic heterocycles. The van der Waals surface area contributed by atoms with Crippen molar-refractivity contribution in [1.82, 2.24) is 5.32 Å². The first kappa shape index (κ1) is 11.0. The van der Waals surface area contributed by atoms with Gasteiger partial charge in [0.1, 0.15) is 0 Å². The highest BCUT2D eigenvalue weighted by atomic mass is 16.5. The molecule has 2 heteroatoms. The minimum atomic E-state index is 0.606. The van der Waals surface area contributed by atoms with Crippen LogP contribution in [-0.4, -0.2) is 25.8 Å². The monoisotopic (exact) mass is 185 g/mol. The van der Waals surface area contributed by atoms with Gasteiger partial charge in [-0.05, 0) is 31.2 Å². The highest BCUT2D eigenvalue weighted by Gasteiger charge is 2.14. The molecule has 0 aliphatic carbocycles. The summed E-state index contributed by atoms with van der Waals surface area (Å²) in [4.78, 5) is 0. The molecule has 0 spiro atoms. The predicted octanol–water partition coefficient (Wildman–Crippen LogP) is 2.05. The van der Waals surface area contributed by atoms with E-state index in [0.717, 1.165) is 31.6 Å². The van der Waals surface area contributed by atoms with Gasteiger partial charge < -0.3 is 10.1 Å². The molecule has 2 nitrogen and oxygen atoms in total. The van der Waals surface area contributed by atoms with Crippen LogP contribution in [-0.2, 0) is 4.74 Å². The molecule has 0 saturated carbocycles. The molecule has 0 aromatic rings. The molecule has 0 radical (unpaired) electrons. The third-order valence-electron chi connectivity index (χ3n) is 3.03. The fraction of sp³-hybridized carbons (Fsp3) is 1.00. The van der Waals surface area contributed by atoms with Crippen LogP contribution in [0.25, 0.3) is 0 Å². The maximum atomic E-state index is 5.41. The zero-order chi connectivity index (χ0) is 9.68. The molecule has 13 heavy (non-hydrogen) atoms. The van der Waals surface area contributed by atoms with Crippen molar-refractivity contribution >= 4 is 0 Å². The van der Waals surface area contributed by atoms with Gasteiger partial charge in [-0.2, -0.15) is 0 Å². The number of rotatable bonds is 4. The van der Waals surface area contributed by atoms with Crippen molar-refractivity contribution in [1.29, 1.82) is 0 Å². The normalized spacial score (nSPS) is 26.3. The summed E-state index contributed by atoms with van der Waals surface area (Å²) in [6.07, 6.45) is 2.50. The lowest BCUT2D eigenvalue weighted by atomic mass is 9.97. The van der Waals surface area contributed by atoms with E-state index in [2.05, 4.69) is 26.1 Å². The van der Waals surface area contributed by atoms with Gasteiger partial charge in [-0.25, -0.2) is 0 Å². The van der Waals surface area contributed by atoms with Gasteiger partial charge in [0.2, 0.25) is 0 Å². The van der Waals surface area contributed by atoms with Crippen LogP contribution in [0.15, 0.2) is 0 Å².